The van der Waals surface area contributed by atoms with Gasteiger partial charge in [0.1, 0.15) is 5.82 Å². The maximum atomic E-state index is 12.2. The van der Waals surface area contributed by atoms with Gasteiger partial charge in [0, 0.05) is 26.3 Å². The first kappa shape index (κ1) is 17.0. The van der Waals surface area contributed by atoms with Gasteiger partial charge in [-0.2, -0.15) is 0 Å². The number of carbonyl (C=O) groups is 1. The lowest BCUT2D eigenvalue weighted by Gasteiger charge is -2.17. The number of benzene rings is 1. The van der Waals surface area contributed by atoms with Crippen molar-refractivity contribution in [3.05, 3.63) is 59.3 Å². The first-order chi connectivity index (χ1) is 11.1. The topological polar surface area (TPSA) is 45.2 Å². The van der Waals surface area contributed by atoms with Gasteiger partial charge in [0.05, 0.1) is 5.56 Å². The van der Waals surface area contributed by atoms with E-state index in [4.69, 9.17) is 0 Å². The van der Waals surface area contributed by atoms with Gasteiger partial charge < -0.3 is 10.2 Å². The van der Waals surface area contributed by atoms with E-state index in [-0.39, 0.29) is 5.91 Å². The van der Waals surface area contributed by atoms with Gasteiger partial charge in [0.2, 0.25) is 0 Å². The van der Waals surface area contributed by atoms with Crippen LogP contribution >= 0.6 is 0 Å². The zero-order valence-electron chi connectivity index (χ0n) is 14.2. The van der Waals surface area contributed by atoms with Crippen LogP contribution in [0.25, 0.3) is 0 Å². The summed E-state index contributed by atoms with van der Waals surface area (Å²) in [5.41, 5.74) is 2.88. The van der Waals surface area contributed by atoms with Crippen molar-refractivity contribution in [1.82, 2.24) is 10.3 Å². The number of rotatable bonds is 7. The van der Waals surface area contributed by atoms with Gasteiger partial charge in [-0.15, -0.1) is 0 Å². The third kappa shape index (κ3) is 5.09. The number of nitrogens with one attached hydrogen (secondary N) is 1. The van der Waals surface area contributed by atoms with E-state index in [1.807, 2.05) is 44.3 Å². The molecule has 0 unspecified atom stereocenters. The van der Waals surface area contributed by atoms with Crippen molar-refractivity contribution in [2.24, 2.45) is 0 Å². The third-order valence-electron chi connectivity index (χ3n) is 3.78. The van der Waals surface area contributed by atoms with Gasteiger partial charge in [0.25, 0.3) is 5.91 Å². The molecule has 122 valence electrons. The smallest absolute Gasteiger partial charge is 0.253 e. The van der Waals surface area contributed by atoms with Crippen molar-refractivity contribution < 1.29 is 4.79 Å². The van der Waals surface area contributed by atoms with E-state index >= 15 is 0 Å². The Morgan fingerprint density at radius 1 is 1.26 bits per heavy atom. The van der Waals surface area contributed by atoms with E-state index in [9.17, 15) is 4.79 Å². The Morgan fingerprint density at radius 3 is 2.74 bits per heavy atom. The molecule has 4 heteroatoms. The Morgan fingerprint density at radius 2 is 2.09 bits per heavy atom. The summed E-state index contributed by atoms with van der Waals surface area (Å²) < 4.78 is 0. The molecule has 23 heavy (non-hydrogen) atoms. The summed E-state index contributed by atoms with van der Waals surface area (Å²) in [6.07, 6.45) is 3.93. The maximum Gasteiger partial charge on any atom is 0.253 e. The molecule has 0 bridgehead atoms. The van der Waals surface area contributed by atoms with Crippen molar-refractivity contribution in [3.8, 4) is 0 Å². The number of unbranched alkanes of at least 4 members (excludes halogenated alkanes) is 1. The number of aromatic nitrogens is 1. The number of pyridine rings is 1. The Labute approximate surface area is 138 Å². The van der Waals surface area contributed by atoms with Crippen molar-refractivity contribution >= 4 is 11.7 Å². The van der Waals surface area contributed by atoms with E-state index in [0.717, 1.165) is 30.8 Å². The Kier molecular flexibility index (Phi) is 6.15. The molecule has 1 aromatic heterocycles. The van der Waals surface area contributed by atoms with Gasteiger partial charge in [-0.1, -0.05) is 43.2 Å². The highest BCUT2D eigenvalue weighted by Crippen LogP contribution is 2.11. The molecule has 0 spiro atoms. The standard InChI is InChI=1S/C19H25N3O/c1-4-5-11-22(3)18-10-9-17(14-20-18)19(23)21-13-16-8-6-7-15(2)12-16/h6-10,12,14H,4-5,11,13H2,1-3H3,(H,21,23). The molecule has 1 aromatic carbocycles. The number of aryl methyl sites for hydroxylation is 1. The quantitative estimate of drug-likeness (QED) is 0.850. The summed E-state index contributed by atoms with van der Waals surface area (Å²) in [6, 6.07) is 11.9. The molecular formula is C19H25N3O. The highest BCUT2D eigenvalue weighted by atomic mass is 16.1. The zero-order chi connectivity index (χ0) is 16.7. The van der Waals surface area contributed by atoms with E-state index in [1.54, 1.807) is 6.20 Å². The van der Waals surface area contributed by atoms with Crippen LogP contribution in [0.1, 0.15) is 41.3 Å². The predicted octanol–water partition coefficient (Wildman–Crippen LogP) is 3.56. The lowest BCUT2D eigenvalue weighted by Crippen LogP contribution is -2.24. The molecule has 1 heterocycles. The van der Waals surface area contributed by atoms with Crippen LogP contribution in [0.5, 0.6) is 0 Å². The number of hydrogen-bond acceptors (Lipinski definition) is 3. The van der Waals surface area contributed by atoms with Gasteiger partial charge in [-0.3, -0.25) is 4.79 Å². The fraction of sp³-hybridized carbons (Fsp3) is 0.368. The number of anilines is 1. The molecule has 0 aliphatic rings. The summed E-state index contributed by atoms with van der Waals surface area (Å²) in [5, 5.41) is 2.93. The summed E-state index contributed by atoms with van der Waals surface area (Å²) >= 11 is 0. The van der Waals surface area contributed by atoms with Crippen molar-refractivity contribution in [1.29, 1.82) is 0 Å². The molecule has 0 radical (unpaired) electrons. The first-order valence-electron chi connectivity index (χ1n) is 8.11. The average molecular weight is 311 g/mol. The highest BCUT2D eigenvalue weighted by molar-refractivity contribution is 5.94. The molecule has 0 saturated carbocycles. The van der Waals surface area contributed by atoms with Gasteiger partial charge in [-0.05, 0) is 31.0 Å². The van der Waals surface area contributed by atoms with Crippen LogP contribution in [0.3, 0.4) is 0 Å². The molecule has 1 N–H and O–H groups in total. The van der Waals surface area contributed by atoms with E-state index in [0.29, 0.717) is 12.1 Å². The molecule has 2 aromatic rings. The zero-order valence-corrected chi connectivity index (χ0v) is 14.2. The van der Waals surface area contributed by atoms with E-state index < -0.39 is 0 Å². The minimum absolute atomic E-state index is 0.0956. The SMILES string of the molecule is CCCCN(C)c1ccc(C(=O)NCc2cccc(C)c2)cn1. The third-order valence-corrected chi connectivity index (χ3v) is 3.78. The molecule has 0 atom stereocenters. The van der Waals surface area contributed by atoms with Crippen LogP contribution in [0.4, 0.5) is 5.82 Å². The fourth-order valence-electron chi connectivity index (χ4n) is 2.36. The van der Waals surface area contributed by atoms with Crippen molar-refractivity contribution in [3.63, 3.8) is 0 Å². The highest BCUT2D eigenvalue weighted by Gasteiger charge is 2.08. The number of hydrogen-bond donors (Lipinski definition) is 1. The second kappa shape index (κ2) is 8.32. The minimum Gasteiger partial charge on any atom is -0.360 e. The normalized spacial score (nSPS) is 10.4. The van der Waals surface area contributed by atoms with Crippen LogP contribution < -0.4 is 10.2 Å². The summed E-state index contributed by atoms with van der Waals surface area (Å²) in [7, 11) is 2.02. The summed E-state index contributed by atoms with van der Waals surface area (Å²) in [4.78, 5) is 18.7. The minimum atomic E-state index is -0.0956. The van der Waals surface area contributed by atoms with E-state index in [1.165, 1.54) is 5.56 Å². The molecule has 0 aliphatic carbocycles. The molecule has 1 amide bonds. The van der Waals surface area contributed by atoms with Crippen LogP contribution in [-0.4, -0.2) is 24.5 Å². The monoisotopic (exact) mass is 311 g/mol. The number of carbonyl (C=O) groups excluding carboxylic acids is 1. The molecular weight excluding hydrogens is 286 g/mol. The van der Waals surface area contributed by atoms with Crippen molar-refractivity contribution in [2.45, 2.75) is 33.2 Å². The number of amides is 1. The Balaban J connectivity index is 1.92. The molecule has 0 saturated heterocycles. The van der Waals surface area contributed by atoms with Crippen molar-refractivity contribution in [2.75, 3.05) is 18.5 Å². The number of nitrogens with zero attached hydrogens (tertiary/aromatic N) is 2. The lowest BCUT2D eigenvalue weighted by molar-refractivity contribution is 0.0950. The van der Waals surface area contributed by atoms with Gasteiger partial charge in [0.15, 0.2) is 0 Å². The van der Waals surface area contributed by atoms with Gasteiger partial charge >= 0.3 is 0 Å². The Hall–Kier alpha value is -2.36. The average Bonchev–Trinajstić information content (AvgIpc) is 2.57. The second-order valence-electron chi connectivity index (χ2n) is 5.85. The lowest BCUT2D eigenvalue weighted by atomic mass is 10.1. The van der Waals surface area contributed by atoms with Gasteiger partial charge in [-0.25, -0.2) is 4.98 Å². The molecule has 4 nitrogen and oxygen atoms in total. The van der Waals surface area contributed by atoms with E-state index in [2.05, 4.69) is 28.2 Å². The molecule has 0 fully saturated rings. The largest absolute Gasteiger partial charge is 0.360 e. The Bertz CT molecular complexity index is 637. The van der Waals surface area contributed by atoms with Crippen LogP contribution in [0.2, 0.25) is 0 Å². The van der Waals surface area contributed by atoms with Crippen LogP contribution in [0, 0.1) is 6.92 Å². The summed E-state index contributed by atoms with van der Waals surface area (Å²) in [6.45, 7) is 5.72. The molecule has 2 rings (SSSR count). The molecule has 0 aliphatic heterocycles. The first-order valence-corrected chi connectivity index (χ1v) is 8.11. The predicted molar refractivity (Wildman–Crippen MR) is 94.8 cm³/mol. The van der Waals surface area contributed by atoms with Crippen LogP contribution in [-0.2, 0) is 6.54 Å². The maximum absolute atomic E-state index is 12.2. The second-order valence-corrected chi connectivity index (χ2v) is 5.85. The van der Waals surface area contributed by atoms with Crippen LogP contribution in [0.15, 0.2) is 42.6 Å². The summed E-state index contributed by atoms with van der Waals surface area (Å²) in [5.74, 6) is 0.801. The fourth-order valence-corrected chi connectivity index (χ4v) is 2.36.